The molecule has 0 saturated carbocycles. The zero-order valence-electron chi connectivity index (χ0n) is 10.1. The number of esters is 1. The van der Waals surface area contributed by atoms with E-state index in [2.05, 4.69) is 9.64 Å². The molecule has 1 rings (SSSR count). The summed E-state index contributed by atoms with van der Waals surface area (Å²) >= 11 is 0. The fourth-order valence-corrected chi connectivity index (χ4v) is 3.19. The van der Waals surface area contributed by atoms with E-state index >= 15 is 0 Å². The summed E-state index contributed by atoms with van der Waals surface area (Å²) in [5, 5.41) is 0. The fraction of sp³-hybridized carbons (Fsp3) is 0.909. The Hall–Kier alpha value is -0.420. The molecule has 0 aromatic heterocycles. The Morgan fingerprint density at radius 3 is 2.62 bits per heavy atom. The van der Waals surface area contributed by atoms with Gasteiger partial charge in [-0.25, -0.2) is 0 Å². The van der Waals surface area contributed by atoms with Crippen LogP contribution in [-0.4, -0.2) is 53.3 Å². The second kappa shape index (κ2) is 7.01. The van der Waals surface area contributed by atoms with Crippen LogP contribution in [0.4, 0.5) is 0 Å². The molecule has 1 aliphatic heterocycles. The Balaban J connectivity index is 2.17. The van der Waals surface area contributed by atoms with Gasteiger partial charge in [-0.2, -0.15) is 0 Å². The van der Waals surface area contributed by atoms with Gasteiger partial charge in [0.15, 0.2) is 0 Å². The molecule has 1 aliphatic rings. The first-order chi connectivity index (χ1) is 7.63. The van der Waals surface area contributed by atoms with Gasteiger partial charge in [0.05, 0.1) is 13.0 Å². The Labute approximate surface area is 99.8 Å². The van der Waals surface area contributed by atoms with E-state index in [-0.39, 0.29) is 11.9 Å². The van der Waals surface area contributed by atoms with Gasteiger partial charge in [-0.1, -0.05) is 6.92 Å². The van der Waals surface area contributed by atoms with E-state index in [0.29, 0.717) is 11.5 Å². The van der Waals surface area contributed by atoms with Gasteiger partial charge in [0.2, 0.25) is 0 Å². The van der Waals surface area contributed by atoms with Crippen molar-refractivity contribution in [3.63, 3.8) is 0 Å². The normalized spacial score (nSPS) is 20.6. The van der Waals surface area contributed by atoms with Crippen LogP contribution < -0.4 is 0 Å². The predicted octanol–water partition coefficient (Wildman–Crippen LogP) is 0.640. The lowest BCUT2D eigenvalue weighted by Crippen LogP contribution is -2.27. The van der Waals surface area contributed by atoms with Crippen molar-refractivity contribution < 1.29 is 13.7 Å². The molecule has 0 radical (unpaired) electrons. The van der Waals surface area contributed by atoms with E-state index in [1.165, 1.54) is 20.0 Å². The minimum absolute atomic E-state index is 0.260. The highest BCUT2D eigenvalue weighted by Gasteiger charge is 2.18. The molecule has 1 saturated heterocycles. The third-order valence-electron chi connectivity index (χ3n) is 2.87. The molecule has 2 atom stereocenters. The molecule has 0 bridgehead atoms. The van der Waals surface area contributed by atoms with Crippen molar-refractivity contribution in [2.24, 2.45) is 5.92 Å². The predicted molar refractivity (Wildman–Crippen MR) is 64.7 cm³/mol. The first kappa shape index (κ1) is 13.6. The maximum Gasteiger partial charge on any atom is 0.309 e. The van der Waals surface area contributed by atoms with Crippen LogP contribution in [0.3, 0.4) is 0 Å². The van der Waals surface area contributed by atoms with Crippen LogP contribution in [0.5, 0.6) is 0 Å². The van der Waals surface area contributed by atoms with Gasteiger partial charge in [0, 0.05) is 28.9 Å². The lowest BCUT2D eigenvalue weighted by Gasteiger charge is -2.14. The number of rotatable bonds is 6. The van der Waals surface area contributed by atoms with Crippen LogP contribution in [0, 0.1) is 5.92 Å². The number of methoxy groups -OCH3 is 1. The van der Waals surface area contributed by atoms with Crippen LogP contribution in [0.15, 0.2) is 0 Å². The van der Waals surface area contributed by atoms with E-state index in [1.807, 2.05) is 0 Å². The molecule has 5 heteroatoms. The first-order valence-electron chi connectivity index (χ1n) is 5.78. The average molecular weight is 247 g/mol. The van der Waals surface area contributed by atoms with Gasteiger partial charge in [0.1, 0.15) is 0 Å². The van der Waals surface area contributed by atoms with Gasteiger partial charge in [-0.05, 0) is 25.9 Å². The van der Waals surface area contributed by atoms with Crippen LogP contribution in [0.1, 0.15) is 19.8 Å². The average Bonchev–Trinajstić information content (AvgIpc) is 2.78. The van der Waals surface area contributed by atoms with E-state index < -0.39 is 10.8 Å². The maximum atomic E-state index is 11.7. The zero-order valence-corrected chi connectivity index (χ0v) is 10.9. The Bertz CT molecular complexity index is 252. The molecule has 0 N–H and O–H groups in total. The molecule has 2 unspecified atom stereocenters. The fourth-order valence-electron chi connectivity index (χ4n) is 1.87. The van der Waals surface area contributed by atoms with Crippen LogP contribution in [-0.2, 0) is 20.3 Å². The van der Waals surface area contributed by atoms with Crippen molar-refractivity contribution in [3.05, 3.63) is 0 Å². The number of hydrogen-bond donors (Lipinski definition) is 0. The molecule has 4 nitrogen and oxygen atoms in total. The van der Waals surface area contributed by atoms with Gasteiger partial charge in [-0.15, -0.1) is 0 Å². The summed E-state index contributed by atoms with van der Waals surface area (Å²) in [6.45, 7) is 4.91. The second-order valence-corrected chi connectivity index (χ2v) is 5.90. The number of carbonyl (C=O) groups is 1. The minimum atomic E-state index is -0.911. The van der Waals surface area contributed by atoms with Crippen molar-refractivity contribution >= 4 is 16.8 Å². The summed E-state index contributed by atoms with van der Waals surface area (Å²) < 4.78 is 16.3. The molecule has 0 aromatic rings. The standard InChI is InChI=1S/C11H21NO3S/c1-10(11(13)15-2)9-16(14)8-7-12-5-3-4-6-12/h10H,3-9H2,1-2H3. The highest BCUT2D eigenvalue weighted by atomic mass is 32.2. The summed E-state index contributed by atoms with van der Waals surface area (Å²) in [6.07, 6.45) is 2.51. The number of hydrogen-bond acceptors (Lipinski definition) is 4. The SMILES string of the molecule is COC(=O)C(C)CS(=O)CCN1CCCC1. The second-order valence-electron chi connectivity index (χ2n) is 4.28. The minimum Gasteiger partial charge on any atom is -0.469 e. The van der Waals surface area contributed by atoms with Crippen molar-refractivity contribution in [2.45, 2.75) is 19.8 Å². The van der Waals surface area contributed by atoms with Gasteiger partial charge in [0.25, 0.3) is 0 Å². The highest BCUT2D eigenvalue weighted by molar-refractivity contribution is 7.85. The Morgan fingerprint density at radius 2 is 2.06 bits per heavy atom. The molecule has 0 aliphatic carbocycles. The van der Waals surface area contributed by atoms with E-state index in [9.17, 15) is 9.00 Å². The highest BCUT2D eigenvalue weighted by Crippen LogP contribution is 2.07. The third kappa shape index (κ3) is 4.61. The molecule has 1 heterocycles. The Kier molecular flexibility index (Phi) is 5.98. The van der Waals surface area contributed by atoms with Gasteiger partial charge in [-0.3, -0.25) is 9.00 Å². The number of likely N-dealkylation sites (tertiary alicyclic amines) is 1. The molecule has 0 spiro atoms. The molecular weight excluding hydrogens is 226 g/mol. The topological polar surface area (TPSA) is 46.6 Å². The molecule has 1 fully saturated rings. The smallest absolute Gasteiger partial charge is 0.309 e. The summed E-state index contributed by atoms with van der Waals surface area (Å²) in [4.78, 5) is 13.5. The van der Waals surface area contributed by atoms with Crippen molar-refractivity contribution in [3.8, 4) is 0 Å². The van der Waals surface area contributed by atoms with Crippen LogP contribution in [0.2, 0.25) is 0 Å². The molecule has 0 amide bonds. The summed E-state index contributed by atoms with van der Waals surface area (Å²) in [5.41, 5.74) is 0. The van der Waals surface area contributed by atoms with Crippen molar-refractivity contribution in [2.75, 3.05) is 38.2 Å². The lowest BCUT2D eigenvalue weighted by molar-refractivity contribution is -0.144. The summed E-state index contributed by atoms with van der Waals surface area (Å²) in [5.74, 6) is 0.556. The van der Waals surface area contributed by atoms with Crippen molar-refractivity contribution in [1.82, 2.24) is 4.90 Å². The zero-order chi connectivity index (χ0) is 12.0. The van der Waals surface area contributed by atoms with Crippen molar-refractivity contribution in [1.29, 1.82) is 0 Å². The van der Waals surface area contributed by atoms with Gasteiger partial charge < -0.3 is 9.64 Å². The summed E-state index contributed by atoms with van der Waals surface area (Å²) in [6, 6.07) is 0. The lowest BCUT2D eigenvalue weighted by atomic mass is 10.2. The van der Waals surface area contributed by atoms with E-state index in [1.54, 1.807) is 6.92 Å². The Morgan fingerprint density at radius 1 is 1.44 bits per heavy atom. The maximum absolute atomic E-state index is 11.7. The quantitative estimate of drug-likeness (QED) is 0.646. The molecule has 0 aromatic carbocycles. The third-order valence-corrected chi connectivity index (χ3v) is 4.38. The number of ether oxygens (including phenoxy) is 1. The summed E-state index contributed by atoms with van der Waals surface area (Å²) in [7, 11) is 0.456. The van der Waals surface area contributed by atoms with E-state index in [0.717, 1.165) is 19.6 Å². The van der Waals surface area contributed by atoms with Crippen LogP contribution in [0.25, 0.3) is 0 Å². The van der Waals surface area contributed by atoms with Crippen LogP contribution >= 0.6 is 0 Å². The first-order valence-corrected chi connectivity index (χ1v) is 7.27. The molecule has 16 heavy (non-hydrogen) atoms. The molecular formula is C11H21NO3S. The number of carbonyl (C=O) groups excluding carboxylic acids is 1. The largest absolute Gasteiger partial charge is 0.469 e. The monoisotopic (exact) mass is 247 g/mol. The molecule has 94 valence electrons. The van der Waals surface area contributed by atoms with Gasteiger partial charge >= 0.3 is 5.97 Å². The number of nitrogens with zero attached hydrogens (tertiary/aromatic N) is 1. The van der Waals surface area contributed by atoms with E-state index in [4.69, 9.17) is 0 Å².